The van der Waals surface area contributed by atoms with Crippen molar-refractivity contribution in [3.05, 3.63) is 53.2 Å². The van der Waals surface area contributed by atoms with E-state index in [1.165, 1.54) is 0 Å². The van der Waals surface area contributed by atoms with Crippen LogP contribution in [-0.4, -0.2) is 4.98 Å². The summed E-state index contributed by atoms with van der Waals surface area (Å²) in [5.41, 5.74) is 6.55. The Morgan fingerprint density at radius 3 is 2.75 bits per heavy atom. The first-order valence-corrected chi connectivity index (χ1v) is 6.06. The molecule has 0 aliphatic rings. The number of aromatic nitrogens is 1. The molecule has 0 bridgehead atoms. The highest BCUT2D eigenvalue weighted by Crippen LogP contribution is 2.27. The number of rotatable bonds is 3. The molecule has 0 aliphatic carbocycles. The van der Waals surface area contributed by atoms with Gasteiger partial charge in [0.25, 0.3) is 0 Å². The molecular weight excluding hydrogens is 240 g/mol. The average molecular weight is 251 g/mol. The fraction of sp³-hybridized carbons (Fsp3) is 0.0833. The normalized spacial score (nSPS) is 10.4. The lowest BCUT2D eigenvalue weighted by molar-refractivity contribution is 1.01. The molecule has 1 aromatic heterocycles. The highest BCUT2D eigenvalue weighted by atomic mass is 35.5. The van der Waals surface area contributed by atoms with E-state index in [2.05, 4.69) is 4.98 Å². The molecule has 0 fully saturated rings. The molecule has 0 radical (unpaired) electrons. The summed E-state index contributed by atoms with van der Waals surface area (Å²) < 4.78 is 0. The summed E-state index contributed by atoms with van der Waals surface area (Å²) in [6.45, 7) is 0.523. The maximum Gasteiger partial charge on any atom is 0.101 e. The standard InChI is InChI=1S/C12H11ClN2S/c13-10-2-1-3-11(6-10)16-12-5-4-9(7-14)8-15-12/h1-6,8H,7,14H2. The van der Waals surface area contributed by atoms with Crippen LogP contribution in [0.15, 0.2) is 52.5 Å². The molecular formula is C12H11ClN2S. The van der Waals surface area contributed by atoms with Crippen LogP contribution in [0.25, 0.3) is 0 Å². The molecule has 82 valence electrons. The Morgan fingerprint density at radius 2 is 2.12 bits per heavy atom. The van der Waals surface area contributed by atoms with E-state index < -0.39 is 0 Å². The van der Waals surface area contributed by atoms with Gasteiger partial charge in [-0.05, 0) is 29.8 Å². The number of hydrogen-bond donors (Lipinski definition) is 1. The fourth-order valence-corrected chi connectivity index (χ4v) is 2.31. The smallest absolute Gasteiger partial charge is 0.101 e. The van der Waals surface area contributed by atoms with Crippen molar-refractivity contribution in [3.63, 3.8) is 0 Å². The van der Waals surface area contributed by atoms with Crippen molar-refractivity contribution in [1.82, 2.24) is 4.98 Å². The topological polar surface area (TPSA) is 38.9 Å². The molecule has 16 heavy (non-hydrogen) atoms. The van der Waals surface area contributed by atoms with Gasteiger partial charge in [0.15, 0.2) is 0 Å². The van der Waals surface area contributed by atoms with Crippen molar-refractivity contribution < 1.29 is 0 Å². The third-order valence-corrected chi connectivity index (χ3v) is 3.23. The minimum absolute atomic E-state index is 0.523. The monoisotopic (exact) mass is 250 g/mol. The van der Waals surface area contributed by atoms with Gasteiger partial charge in [-0.1, -0.05) is 35.5 Å². The van der Waals surface area contributed by atoms with E-state index in [4.69, 9.17) is 17.3 Å². The van der Waals surface area contributed by atoms with Crippen LogP contribution < -0.4 is 5.73 Å². The van der Waals surface area contributed by atoms with Crippen molar-refractivity contribution in [1.29, 1.82) is 0 Å². The lowest BCUT2D eigenvalue weighted by Crippen LogP contribution is -1.96. The summed E-state index contributed by atoms with van der Waals surface area (Å²) >= 11 is 7.49. The van der Waals surface area contributed by atoms with E-state index in [0.29, 0.717) is 6.54 Å². The number of nitrogens with two attached hydrogens (primary N) is 1. The number of halogens is 1. The molecule has 2 N–H and O–H groups in total. The summed E-state index contributed by atoms with van der Waals surface area (Å²) in [5.74, 6) is 0. The molecule has 1 heterocycles. The van der Waals surface area contributed by atoms with Crippen LogP contribution >= 0.6 is 23.4 Å². The zero-order chi connectivity index (χ0) is 11.4. The first kappa shape index (κ1) is 11.5. The van der Waals surface area contributed by atoms with E-state index in [-0.39, 0.29) is 0 Å². The Labute approximate surface area is 104 Å². The van der Waals surface area contributed by atoms with Gasteiger partial charge in [0.05, 0.1) is 0 Å². The molecule has 0 aliphatic heterocycles. The zero-order valence-electron chi connectivity index (χ0n) is 8.56. The Kier molecular flexibility index (Phi) is 3.83. The molecule has 1 aromatic carbocycles. The maximum atomic E-state index is 5.91. The molecule has 0 atom stereocenters. The molecule has 0 saturated heterocycles. The highest BCUT2D eigenvalue weighted by Gasteiger charge is 1.99. The number of pyridine rings is 1. The van der Waals surface area contributed by atoms with Gasteiger partial charge in [-0.25, -0.2) is 4.98 Å². The van der Waals surface area contributed by atoms with Gasteiger partial charge in [0.2, 0.25) is 0 Å². The van der Waals surface area contributed by atoms with Crippen molar-refractivity contribution in [2.45, 2.75) is 16.5 Å². The zero-order valence-corrected chi connectivity index (χ0v) is 10.1. The van der Waals surface area contributed by atoms with Gasteiger partial charge in [-0.2, -0.15) is 0 Å². The Balaban J connectivity index is 2.14. The second kappa shape index (κ2) is 5.34. The fourth-order valence-electron chi connectivity index (χ4n) is 1.24. The van der Waals surface area contributed by atoms with E-state index in [0.717, 1.165) is 20.5 Å². The summed E-state index contributed by atoms with van der Waals surface area (Å²) in [7, 11) is 0. The van der Waals surface area contributed by atoms with Gasteiger partial charge >= 0.3 is 0 Å². The Hall–Kier alpha value is -1.03. The predicted octanol–water partition coefficient (Wildman–Crippen LogP) is 3.34. The maximum absolute atomic E-state index is 5.91. The molecule has 0 spiro atoms. The Bertz CT molecular complexity index is 471. The summed E-state index contributed by atoms with van der Waals surface area (Å²) in [4.78, 5) is 5.40. The second-order valence-electron chi connectivity index (χ2n) is 3.27. The number of nitrogens with zero attached hydrogens (tertiary/aromatic N) is 1. The van der Waals surface area contributed by atoms with E-state index in [9.17, 15) is 0 Å². The lowest BCUT2D eigenvalue weighted by atomic mass is 10.3. The average Bonchev–Trinajstić information content (AvgIpc) is 2.30. The van der Waals surface area contributed by atoms with Crippen LogP contribution in [-0.2, 0) is 6.54 Å². The van der Waals surface area contributed by atoms with Crippen LogP contribution in [0.5, 0.6) is 0 Å². The predicted molar refractivity (Wildman–Crippen MR) is 67.7 cm³/mol. The van der Waals surface area contributed by atoms with Crippen molar-refractivity contribution in [2.24, 2.45) is 5.73 Å². The molecule has 2 aromatic rings. The molecule has 4 heteroatoms. The lowest BCUT2D eigenvalue weighted by Gasteiger charge is -2.02. The molecule has 2 nitrogen and oxygen atoms in total. The van der Waals surface area contributed by atoms with E-state index in [1.807, 2.05) is 36.4 Å². The first-order chi connectivity index (χ1) is 7.78. The second-order valence-corrected chi connectivity index (χ2v) is 4.80. The number of hydrogen-bond acceptors (Lipinski definition) is 3. The van der Waals surface area contributed by atoms with Gasteiger partial charge < -0.3 is 5.73 Å². The van der Waals surface area contributed by atoms with Gasteiger partial charge in [-0.15, -0.1) is 0 Å². The minimum Gasteiger partial charge on any atom is -0.326 e. The van der Waals surface area contributed by atoms with Crippen LogP contribution in [0.4, 0.5) is 0 Å². The van der Waals surface area contributed by atoms with Crippen LogP contribution in [0.2, 0.25) is 5.02 Å². The SMILES string of the molecule is NCc1ccc(Sc2cccc(Cl)c2)nc1. The van der Waals surface area contributed by atoms with Crippen molar-refractivity contribution in [2.75, 3.05) is 0 Å². The third kappa shape index (κ3) is 2.98. The van der Waals surface area contributed by atoms with Crippen LogP contribution in [0, 0.1) is 0 Å². The highest BCUT2D eigenvalue weighted by molar-refractivity contribution is 7.99. The van der Waals surface area contributed by atoms with Crippen molar-refractivity contribution in [3.8, 4) is 0 Å². The van der Waals surface area contributed by atoms with Gasteiger partial charge in [0, 0.05) is 22.7 Å². The van der Waals surface area contributed by atoms with Gasteiger partial charge in [0.1, 0.15) is 5.03 Å². The van der Waals surface area contributed by atoms with Gasteiger partial charge in [-0.3, -0.25) is 0 Å². The van der Waals surface area contributed by atoms with Crippen LogP contribution in [0.1, 0.15) is 5.56 Å². The van der Waals surface area contributed by atoms with Crippen molar-refractivity contribution >= 4 is 23.4 Å². The molecule has 0 saturated carbocycles. The first-order valence-electron chi connectivity index (χ1n) is 4.86. The number of benzene rings is 1. The largest absolute Gasteiger partial charge is 0.326 e. The molecule has 2 rings (SSSR count). The van der Waals surface area contributed by atoms with E-state index in [1.54, 1.807) is 18.0 Å². The van der Waals surface area contributed by atoms with E-state index >= 15 is 0 Å². The summed E-state index contributed by atoms with van der Waals surface area (Å²) in [5, 5.41) is 1.68. The Morgan fingerprint density at radius 1 is 1.25 bits per heavy atom. The third-order valence-electron chi connectivity index (χ3n) is 2.05. The quantitative estimate of drug-likeness (QED) is 0.908. The van der Waals surface area contributed by atoms with Crippen LogP contribution in [0.3, 0.4) is 0 Å². The summed E-state index contributed by atoms with van der Waals surface area (Å²) in [6, 6.07) is 11.7. The minimum atomic E-state index is 0.523. The molecule has 0 amide bonds. The summed E-state index contributed by atoms with van der Waals surface area (Å²) in [6.07, 6.45) is 1.80. The molecule has 0 unspecified atom stereocenters.